The highest BCUT2D eigenvalue weighted by molar-refractivity contribution is 4.64. The summed E-state index contributed by atoms with van der Waals surface area (Å²) in [5.41, 5.74) is 0. The molecule has 0 saturated carbocycles. The smallest absolute Gasteiger partial charge is 0.157 e. The number of ether oxygens (including phenoxy) is 2. The summed E-state index contributed by atoms with van der Waals surface area (Å²) in [7, 11) is 0. The molecule has 0 aliphatic rings. The van der Waals surface area contributed by atoms with Crippen molar-refractivity contribution in [2.45, 2.75) is 33.5 Å². The summed E-state index contributed by atoms with van der Waals surface area (Å²) in [6.45, 7) is 7.05. The Morgan fingerprint density at radius 3 is 2.62 bits per heavy atom. The molecule has 0 aromatic rings. The third-order valence-electron chi connectivity index (χ3n) is 1.34. The van der Waals surface area contributed by atoms with Crippen molar-refractivity contribution in [3.8, 4) is 0 Å². The van der Waals surface area contributed by atoms with E-state index < -0.39 is 6.29 Å². The van der Waals surface area contributed by atoms with Crippen LogP contribution < -0.4 is 0 Å². The summed E-state index contributed by atoms with van der Waals surface area (Å²) >= 11 is 0. The lowest BCUT2D eigenvalue weighted by Gasteiger charge is -2.13. The summed E-state index contributed by atoms with van der Waals surface area (Å²) in [6.07, 6.45) is 3.22. The largest absolute Gasteiger partial charge is 0.501 e. The van der Waals surface area contributed by atoms with Crippen LogP contribution in [0.1, 0.15) is 27.2 Å². The van der Waals surface area contributed by atoms with E-state index in [-0.39, 0.29) is 0 Å². The zero-order valence-corrected chi connectivity index (χ0v) is 8.69. The Hall–Kier alpha value is -0.540. The molecule has 1 unspecified atom stereocenters. The van der Waals surface area contributed by atoms with Crippen molar-refractivity contribution in [3.05, 3.63) is 12.3 Å². The van der Waals surface area contributed by atoms with Gasteiger partial charge in [-0.15, -0.1) is 0 Å². The first-order valence-electron chi connectivity index (χ1n) is 4.69. The first kappa shape index (κ1) is 12.5. The van der Waals surface area contributed by atoms with E-state index in [1.54, 1.807) is 12.3 Å². The Morgan fingerprint density at radius 1 is 1.38 bits per heavy atom. The van der Waals surface area contributed by atoms with Crippen molar-refractivity contribution < 1.29 is 14.6 Å². The van der Waals surface area contributed by atoms with Crippen LogP contribution in [0.25, 0.3) is 0 Å². The Morgan fingerprint density at radius 2 is 2.08 bits per heavy atom. The van der Waals surface area contributed by atoms with Crippen molar-refractivity contribution in [3.63, 3.8) is 0 Å². The number of allylic oxidation sites excluding steroid dienone is 1. The normalized spacial score (nSPS) is 13.9. The lowest BCUT2D eigenvalue weighted by Crippen LogP contribution is -2.17. The monoisotopic (exact) mass is 188 g/mol. The number of hydrogen-bond acceptors (Lipinski definition) is 3. The molecule has 78 valence electrons. The van der Waals surface area contributed by atoms with Crippen molar-refractivity contribution in [1.82, 2.24) is 0 Å². The predicted molar refractivity (Wildman–Crippen MR) is 52.2 cm³/mol. The molecule has 3 nitrogen and oxygen atoms in total. The fourth-order valence-electron chi connectivity index (χ4n) is 0.720. The van der Waals surface area contributed by atoms with Crippen LogP contribution in [0.5, 0.6) is 0 Å². The first-order valence-corrected chi connectivity index (χ1v) is 4.69. The maximum atomic E-state index is 9.27. The standard InChI is InChI=1S/C10H20O3/c1-4-6-12-7-5-10(11)13-8-9(2)3/h4,6,9-11H,5,7-8H2,1-3H3. The lowest BCUT2D eigenvalue weighted by molar-refractivity contribution is -0.116. The average Bonchev–Trinajstić information content (AvgIpc) is 2.09. The SMILES string of the molecule is CC=COCCC(O)OCC(C)C. The molecule has 0 aromatic carbocycles. The number of rotatable bonds is 7. The molecule has 0 aliphatic carbocycles. The predicted octanol–water partition coefficient (Wildman–Crippen LogP) is 1.92. The molecule has 1 N–H and O–H groups in total. The van der Waals surface area contributed by atoms with Gasteiger partial charge in [-0.05, 0) is 12.8 Å². The molecule has 0 spiro atoms. The van der Waals surface area contributed by atoms with Gasteiger partial charge >= 0.3 is 0 Å². The quantitative estimate of drug-likeness (QED) is 0.377. The molecule has 1 atom stereocenters. The van der Waals surface area contributed by atoms with Gasteiger partial charge in [0.05, 0.1) is 19.5 Å². The molecule has 0 bridgehead atoms. The van der Waals surface area contributed by atoms with Crippen LogP contribution in [0.4, 0.5) is 0 Å². The fourth-order valence-corrected chi connectivity index (χ4v) is 0.720. The van der Waals surface area contributed by atoms with Crippen molar-refractivity contribution in [2.24, 2.45) is 5.92 Å². The third kappa shape index (κ3) is 9.37. The molecule has 0 radical (unpaired) electrons. The van der Waals surface area contributed by atoms with Crippen LogP contribution in [0.15, 0.2) is 12.3 Å². The molecular weight excluding hydrogens is 168 g/mol. The maximum absolute atomic E-state index is 9.27. The Balaban J connectivity index is 3.24. The molecule has 0 saturated heterocycles. The van der Waals surface area contributed by atoms with Gasteiger partial charge in [0.1, 0.15) is 0 Å². The summed E-state index contributed by atoms with van der Waals surface area (Å²) in [6, 6.07) is 0. The fraction of sp³-hybridized carbons (Fsp3) is 0.800. The Labute approximate surface area is 80.4 Å². The van der Waals surface area contributed by atoms with Gasteiger partial charge in [0.25, 0.3) is 0 Å². The van der Waals surface area contributed by atoms with Crippen LogP contribution in [0.3, 0.4) is 0 Å². The zero-order valence-electron chi connectivity index (χ0n) is 8.69. The van der Waals surface area contributed by atoms with Gasteiger partial charge in [0.2, 0.25) is 0 Å². The topological polar surface area (TPSA) is 38.7 Å². The van der Waals surface area contributed by atoms with Crippen LogP contribution >= 0.6 is 0 Å². The Bertz CT molecular complexity index is 132. The molecule has 3 heteroatoms. The first-order chi connectivity index (χ1) is 6.16. The van der Waals surface area contributed by atoms with Gasteiger partial charge in [-0.1, -0.05) is 19.9 Å². The van der Waals surface area contributed by atoms with Crippen LogP contribution in [0.2, 0.25) is 0 Å². The number of hydrogen-bond donors (Lipinski definition) is 1. The minimum atomic E-state index is -0.701. The van der Waals surface area contributed by atoms with E-state index in [4.69, 9.17) is 9.47 Å². The summed E-state index contributed by atoms with van der Waals surface area (Å²) in [4.78, 5) is 0. The second-order valence-electron chi connectivity index (χ2n) is 3.31. The highest BCUT2D eigenvalue weighted by Gasteiger charge is 2.04. The maximum Gasteiger partial charge on any atom is 0.157 e. The molecule has 0 aliphatic heterocycles. The third-order valence-corrected chi connectivity index (χ3v) is 1.34. The minimum absolute atomic E-state index is 0.450. The van der Waals surface area contributed by atoms with E-state index in [0.29, 0.717) is 25.6 Å². The van der Waals surface area contributed by atoms with E-state index in [0.717, 1.165) is 0 Å². The van der Waals surface area contributed by atoms with Gasteiger partial charge in [-0.25, -0.2) is 0 Å². The van der Waals surface area contributed by atoms with Gasteiger partial charge in [0.15, 0.2) is 6.29 Å². The highest BCUT2D eigenvalue weighted by atomic mass is 16.6. The summed E-state index contributed by atoms with van der Waals surface area (Å²) in [5.74, 6) is 0.450. The lowest BCUT2D eigenvalue weighted by atomic mass is 10.2. The van der Waals surface area contributed by atoms with E-state index in [1.165, 1.54) is 0 Å². The van der Waals surface area contributed by atoms with E-state index >= 15 is 0 Å². The second kappa shape index (κ2) is 8.08. The number of aliphatic hydroxyl groups excluding tert-OH is 1. The van der Waals surface area contributed by atoms with Gasteiger partial charge in [0, 0.05) is 6.42 Å². The van der Waals surface area contributed by atoms with Gasteiger partial charge < -0.3 is 14.6 Å². The average molecular weight is 188 g/mol. The van der Waals surface area contributed by atoms with E-state index in [1.807, 2.05) is 20.8 Å². The van der Waals surface area contributed by atoms with Crippen LogP contribution in [0, 0.1) is 5.92 Å². The van der Waals surface area contributed by atoms with Gasteiger partial charge in [-0.2, -0.15) is 0 Å². The van der Waals surface area contributed by atoms with E-state index in [9.17, 15) is 5.11 Å². The molecule has 13 heavy (non-hydrogen) atoms. The molecule has 0 fully saturated rings. The van der Waals surface area contributed by atoms with Crippen LogP contribution in [-0.4, -0.2) is 24.6 Å². The second-order valence-corrected chi connectivity index (χ2v) is 3.31. The van der Waals surface area contributed by atoms with Crippen molar-refractivity contribution in [1.29, 1.82) is 0 Å². The summed E-state index contributed by atoms with van der Waals surface area (Å²) < 4.78 is 10.2. The summed E-state index contributed by atoms with van der Waals surface area (Å²) in [5, 5.41) is 9.27. The molecule has 0 heterocycles. The molecule has 0 rings (SSSR count). The minimum Gasteiger partial charge on any atom is -0.501 e. The van der Waals surface area contributed by atoms with E-state index in [2.05, 4.69) is 0 Å². The van der Waals surface area contributed by atoms with Crippen molar-refractivity contribution in [2.75, 3.05) is 13.2 Å². The van der Waals surface area contributed by atoms with Crippen molar-refractivity contribution >= 4 is 0 Å². The van der Waals surface area contributed by atoms with Gasteiger partial charge in [-0.3, -0.25) is 0 Å². The molecule has 0 aromatic heterocycles. The number of aliphatic hydroxyl groups is 1. The highest BCUT2D eigenvalue weighted by Crippen LogP contribution is 1.99. The molecule has 0 amide bonds. The van der Waals surface area contributed by atoms with Crippen LogP contribution in [-0.2, 0) is 9.47 Å². The Kier molecular flexibility index (Phi) is 7.74. The molecular formula is C10H20O3. The zero-order chi connectivity index (χ0) is 10.1.